The Hall–Kier alpha value is -1.51. The van der Waals surface area contributed by atoms with Gasteiger partial charge in [-0.1, -0.05) is 41.5 Å². The predicted octanol–water partition coefficient (Wildman–Crippen LogP) is 1.66. The zero-order valence-corrected chi connectivity index (χ0v) is 14.1. The van der Waals surface area contributed by atoms with E-state index in [1.165, 1.54) is 0 Å². The van der Waals surface area contributed by atoms with Crippen molar-refractivity contribution in [3.8, 4) is 5.75 Å². The van der Waals surface area contributed by atoms with Gasteiger partial charge in [0.25, 0.3) is 5.84 Å². The highest BCUT2D eigenvalue weighted by Crippen LogP contribution is 2.39. The zero-order chi connectivity index (χ0) is 15.7. The van der Waals surface area contributed by atoms with E-state index in [4.69, 9.17) is 0 Å². The van der Waals surface area contributed by atoms with Gasteiger partial charge in [0.2, 0.25) is 0 Å². The zero-order valence-electron chi connectivity index (χ0n) is 14.1. The lowest BCUT2D eigenvalue weighted by Crippen LogP contribution is -2.71. The molecule has 3 nitrogen and oxygen atoms in total. The maximum atomic E-state index is 10.7. The first-order valence-corrected chi connectivity index (χ1v) is 7.13. The number of benzene rings is 1. The van der Waals surface area contributed by atoms with Crippen LogP contribution in [0.25, 0.3) is 0 Å². The first-order chi connectivity index (χ1) is 9.02. The van der Waals surface area contributed by atoms with Crippen LogP contribution in [0.4, 0.5) is 0 Å². The minimum atomic E-state index is -0.104. The van der Waals surface area contributed by atoms with Crippen molar-refractivity contribution in [1.82, 2.24) is 5.32 Å². The molecule has 0 saturated heterocycles. The quantitative estimate of drug-likeness (QED) is 0.540. The van der Waals surface area contributed by atoms with Crippen LogP contribution in [0, 0.1) is 0 Å². The van der Waals surface area contributed by atoms with Crippen molar-refractivity contribution in [1.29, 1.82) is 0 Å². The molecule has 1 aromatic carbocycles. The molecule has 0 heterocycles. The molecule has 20 heavy (non-hydrogen) atoms. The van der Waals surface area contributed by atoms with Crippen LogP contribution in [-0.2, 0) is 10.8 Å². The Morgan fingerprint density at radius 1 is 1.00 bits per heavy atom. The van der Waals surface area contributed by atoms with Gasteiger partial charge >= 0.3 is 0 Å². The summed E-state index contributed by atoms with van der Waals surface area (Å²) in [5.74, 6) is 1.38. The Labute approximate surface area is 123 Å². The second-order valence-electron chi connectivity index (χ2n) is 7.29. The van der Waals surface area contributed by atoms with Crippen molar-refractivity contribution in [2.24, 2.45) is 0 Å². The molecule has 0 unspecified atom stereocenters. The van der Waals surface area contributed by atoms with Gasteiger partial charge in [0.15, 0.2) is 0 Å². The maximum absolute atomic E-state index is 10.7. The number of phenolic OH excluding ortho intramolecular Hbond substituents is 1. The van der Waals surface area contributed by atoms with E-state index in [2.05, 4.69) is 64.0 Å². The summed E-state index contributed by atoms with van der Waals surface area (Å²) in [6.07, 6.45) is 0. The fraction of sp³-hybridized carbons (Fsp3) is 0.588. The monoisotopic (exact) mass is 277 g/mol. The summed E-state index contributed by atoms with van der Waals surface area (Å²) in [4.78, 5) is 3.17. The SMILES string of the molecule is CNC(=[NH+]C)c1cc(C(C)(C)C)c(O)c(C(C)(C)C)c1. The minimum absolute atomic E-state index is 0.104. The molecule has 0 fully saturated rings. The molecule has 0 aromatic heterocycles. The largest absolute Gasteiger partial charge is 0.507 e. The lowest BCUT2D eigenvalue weighted by Gasteiger charge is -2.27. The van der Waals surface area contributed by atoms with Crippen LogP contribution in [0.15, 0.2) is 12.1 Å². The highest BCUT2D eigenvalue weighted by Gasteiger charge is 2.28. The number of rotatable bonds is 1. The summed E-state index contributed by atoms with van der Waals surface area (Å²) >= 11 is 0. The van der Waals surface area contributed by atoms with Gasteiger partial charge in [0.05, 0.1) is 19.7 Å². The summed E-state index contributed by atoms with van der Waals surface area (Å²) in [6, 6.07) is 4.12. The topological polar surface area (TPSA) is 46.2 Å². The summed E-state index contributed by atoms with van der Waals surface area (Å²) in [5.41, 5.74) is 2.81. The number of amidine groups is 1. The maximum Gasteiger partial charge on any atom is 0.274 e. The van der Waals surface area contributed by atoms with Crippen molar-refractivity contribution in [3.05, 3.63) is 28.8 Å². The number of hydrogen-bond acceptors (Lipinski definition) is 1. The Kier molecular flexibility index (Phi) is 4.52. The smallest absolute Gasteiger partial charge is 0.274 e. The Bertz CT molecular complexity index is 482. The van der Waals surface area contributed by atoms with Gasteiger partial charge in [-0.3, -0.25) is 10.3 Å². The van der Waals surface area contributed by atoms with Crippen LogP contribution in [0.5, 0.6) is 5.75 Å². The first kappa shape index (κ1) is 16.5. The molecule has 1 aromatic rings. The molecular formula is C17H29N2O+. The number of aromatic hydroxyl groups is 1. The first-order valence-electron chi connectivity index (χ1n) is 7.13. The van der Waals surface area contributed by atoms with Gasteiger partial charge in [0, 0.05) is 11.1 Å². The van der Waals surface area contributed by atoms with Crippen LogP contribution in [0.2, 0.25) is 0 Å². The summed E-state index contributed by atoms with van der Waals surface area (Å²) < 4.78 is 0. The van der Waals surface area contributed by atoms with Crippen molar-refractivity contribution < 1.29 is 10.1 Å². The molecule has 0 aliphatic carbocycles. The lowest BCUT2D eigenvalue weighted by atomic mass is 9.78. The van der Waals surface area contributed by atoms with Gasteiger partial charge < -0.3 is 5.11 Å². The second-order valence-corrected chi connectivity index (χ2v) is 7.29. The van der Waals surface area contributed by atoms with Crippen LogP contribution < -0.4 is 10.3 Å². The molecule has 0 atom stereocenters. The van der Waals surface area contributed by atoms with Gasteiger partial charge in [-0.25, -0.2) is 0 Å². The van der Waals surface area contributed by atoms with E-state index in [0.717, 1.165) is 22.5 Å². The highest BCUT2D eigenvalue weighted by molar-refractivity contribution is 5.95. The van der Waals surface area contributed by atoms with E-state index < -0.39 is 0 Å². The van der Waals surface area contributed by atoms with E-state index in [0.29, 0.717) is 5.75 Å². The van der Waals surface area contributed by atoms with Crippen LogP contribution in [-0.4, -0.2) is 25.0 Å². The van der Waals surface area contributed by atoms with E-state index in [1.54, 1.807) is 0 Å². The fourth-order valence-corrected chi connectivity index (χ4v) is 2.34. The van der Waals surface area contributed by atoms with Gasteiger partial charge in [-0.15, -0.1) is 0 Å². The van der Waals surface area contributed by atoms with E-state index in [1.807, 2.05) is 14.1 Å². The van der Waals surface area contributed by atoms with E-state index in [9.17, 15) is 5.11 Å². The number of phenols is 1. The van der Waals surface area contributed by atoms with Crippen molar-refractivity contribution in [3.63, 3.8) is 0 Å². The molecule has 0 amide bonds. The predicted molar refractivity (Wildman–Crippen MR) is 85.6 cm³/mol. The molecule has 3 heteroatoms. The molecule has 0 spiro atoms. The van der Waals surface area contributed by atoms with Crippen LogP contribution in [0.1, 0.15) is 58.2 Å². The Morgan fingerprint density at radius 3 is 1.65 bits per heavy atom. The summed E-state index contributed by atoms with van der Waals surface area (Å²) in [7, 11) is 3.79. The molecule has 0 radical (unpaired) electrons. The van der Waals surface area contributed by atoms with Gasteiger partial charge in [-0.2, -0.15) is 0 Å². The fourth-order valence-electron chi connectivity index (χ4n) is 2.34. The van der Waals surface area contributed by atoms with E-state index >= 15 is 0 Å². The Morgan fingerprint density at radius 2 is 1.40 bits per heavy atom. The molecule has 0 aliphatic heterocycles. The van der Waals surface area contributed by atoms with Crippen molar-refractivity contribution in [2.45, 2.75) is 52.4 Å². The average Bonchev–Trinajstić information content (AvgIpc) is 2.29. The second kappa shape index (κ2) is 5.47. The summed E-state index contributed by atoms with van der Waals surface area (Å²) in [5, 5.41) is 13.8. The molecule has 3 N–H and O–H groups in total. The average molecular weight is 277 g/mol. The number of hydrogen-bond donors (Lipinski definition) is 3. The van der Waals surface area contributed by atoms with Crippen molar-refractivity contribution in [2.75, 3.05) is 14.1 Å². The molecule has 0 bridgehead atoms. The standard InChI is InChI=1S/C17H28N2O/c1-16(2,3)12-9-11(15(18-7)19-8)10-13(14(12)20)17(4,5)6/h9-10,20H,1-8H3,(H,18,19)/p+1. The molecule has 0 aliphatic rings. The minimum Gasteiger partial charge on any atom is -0.507 e. The van der Waals surface area contributed by atoms with Gasteiger partial charge in [0.1, 0.15) is 5.75 Å². The van der Waals surface area contributed by atoms with Crippen molar-refractivity contribution >= 4 is 5.84 Å². The third kappa shape index (κ3) is 3.33. The lowest BCUT2D eigenvalue weighted by molar-refractivity contribution is -0.421. The third-order valence-electron chi connectivity index (χ3n) is 3.51. The van der Waals surface area contributed by atoms with E-state index in [-0.39, 0.29) is 10.8 Å². The normalized spacial score (nSPS) is 13.5. The molecule has 112 valence electrons. The van der Waals surface area contributed by atoms with Crippen LogP contribution >= 0.6 is 0 Å². The number of nitrogens with one attached hydrogen (secondary N) is 2. The summed E-state index contributed by atoms with van der Waals surface area (Å²) in [6.45, 7) is 12.7. The molecule has 0 saturated carbocycles. The van der Waals surface area contributed by atoms with Crippen LogP contribution in [0.3, 0.4) is 0 Å². The third-order valence-corrected chi connectivity index (χ3v) is 3.51. The molecular weight excluding hydrogens is 248 g/mol. The van der Waals surface area contributed by atoms with Gasteiger partial charge in [-0.05, 0) is 23.0 Å². The molecule has 1 rings (SSSR count). The highest BCUT2D eigenvalue weighted by atomic mass is 16.3. The Balaban J connectivity index is 3.67.